The third-order valence-corrected chi connectivity index (χ3v) is 6.26. The van der Waals surface area contributed by atoms with Gasteiger partial charge in [0.15, 0.2) is 5.78 Å². The number of halogens is 1. The lowest BCUT2D eigenvalue weighted by atomic mass is 9.84. The molecule has 0 bridgehead atoms. The molecule has 2 aromatic rings. The number of hydrogen-bond acceptors (Lipinski definition) is 3. The first-order valence-corrected chi connectivity index (χ1v) is 10.4. The van der Waals surface area contributed by atoms with Crippen molar-refractivity contribution in [3.05, 3.63) is 51.7 Å². The summed E-state index contributed by atoms with van der Waals surface area (Å²) in [5.74, 6) is 1.36. The van der Waals surface area contributed by atoms with E-state index < -0.39 is 0 Å². The molecule has 1 aliphatic rings. The molecule has 1 heterocycles. The van der Waals surface area contributed by atoms with Gasteiger partial charge in [-0.15, -0.1) is 23.7 Å². The Morgan fingerprint density at radius 1 is 1.08 bits per heavy atom. The maximum Gasteiger partial charge on any atom is 0.194 e. The van der Waals surface area contributed by atoms with Crippen LogP contribution in [0.2, 0.25) is 0 Å². The number of thiophene rings is 1. The maximum atomic E-state index is 12.6. The normalized spacial score (nSPS) is 16.2. The van der Waals surface area contributed by atoms with Gasteiger partial charge in [-0.3, -0.25) is 4.79 Å². The molecule has 26 heavy (non-hydrogen) atoms. The van der Waals surface area contributed by atoms with E-state index in [0.29, 0.717) is 5.92 Å². The van der Waals surface area contributed by atoms with E-state index in [1.165, 1.54) is 43.2 Å². The summed E-state index contributed by atoms with van der Waals surface area (Å²) in [6.45, 7) is 6.27. The van der Waals surface area contributed by atoms with E-state index >= 15 is 0 Å². The van der Waals surface area contributed by atoms with Gasteiger partial charge in [0.05, 0.1) is 10.9 Å². The predicted octanol–water partition coefficient (Wildman–Crippen LogP) is 7.02. The van der Waals surface area contributed by atoms with Gasteiger partial charge in [-0.2, -0.15) is 0 Å². The first kappa shape index (κ1) is 21.0. The summed E-state index contributed by atoms with van der Waals surface area (Å²) >= 11 is 1.56. The highest BCUT2D eigenvalue weighted by atomic mass is 35.5. The Morgan fingerprint density at radius 3 is 2.31 bits per heavy atom. The van der Waals surface area contributed by atoms with Crippen molar-refractivity contribution in [1.82, 2.24) is 0 Å². The Balaban J connectivity index is 0.00000243. The van der Waals surface area contributed by atoms with Gasteiger partial charge in [-0.05, 0) is 66.3 Å². The second kappa shape index (κ2) is 9.57. The topological polar surface area (TPSA) is 29.1 Å². The molecule has 0 aliphatic heterocycles. The van der Waals surface area contributed by atoms with E-state index in [1.54, 1.807) is 11.3 Å². The van der Waals surface area contributed by atoms with Crippen LogP contribution in [0, 0.1) is 0 Å². The lowest BCUT2D eigenvalue weighted by Crippen LogP contribution is -2.25. The van der Waals surface area contributed by atoms with Gasteiger partial charge in [0.25, 0.3) is 0 Å². The van der Waals surface area contributed by atoms with Crippen molar-refractivity contribution in [3.63, 3.8) is 0 Å². The summed E-state index contributed by atoms with van der Waals surface area (Å²) < 4.78 is 0. The zero-order valence-corrected chi connectivity index (χ0v) is 17.6. The van der Waals surface area contributed by atoms with Crippen LogP contribution >= 0.6 is 23.7 Å². The average molecular weight is 392 g/mol. The lowest BCUT2D eigenvalue weighted by molar-refractivity contribution is 0.0979. The van der Waals surface area contributed by atoms with Crippen LogP contribution in [-0.4, -0.2) is 11.8 Å². The summed E-state index contributed by atoms with van der Waals surface area (Å²) in [4.78, 5) is 13.5. The van der Waals surface area contributed by atoms with Crippen molar-refractivity contribution in [3.8, 4) is 0 Å². The number of rotatable bonds is 6. The molecule has 1 fully saturated rings. The molecule has 2 nitrogen and oxygen atoms in total. The molecule has 1 unspecified atom stereocenters. The SMILES string of the molecule is CC(Nc1ccc(C2CCCCC2)cc1)C(=O)c1cc(C(C)C)cs1.Cl. The fourth-order valence-corrected chi connectivity index (χ4v) is 4.70. The highest BCUT2D eigenvalue weighted by Gasteiger charge is 2.19. The van der Waals surface area contributed by atoms with Crippen LogP contribution in [0.25, 0.3) is 0 Å². The van der Waals surface area contributed by atoms with Crippen LogP contribution < -0.4 is 5.32 Å². The van der Waals surface area contributed by atoms with Gasteiger partial charge in [-0.1, -0.05) is 45.2 Å². The van der Waals surface area contributed by atoms with Crippen LogP contribution in [0.15, 0.2) is 35.7 Å². The molecule has 0 amide bonds. The number of anilines is 1. The van der Waals surface area contributed by atoms with Crippen LogP contribution in [0.4, 0.5) is 5.69 Å². The monoisotopic (exact) mass is 391 g/mol. The minimum Gasteiger partial charge on any atom is -0.375 e. The quantitative estimate of drug-likeness (QED) is 0.535. The molecular formula is C22H30ClNOS. The van der Waals surface area contributed by atoms with Gasteiger partial charge < -0.3 is 5.32 Å². The number of carbonyl (C=O) groups is 1. The zero-order chi connectivity index (χ0) is 17.8. The Kier molecular flexibility index (Phi) is 7.72. The largest absolute Gasteiger partial charge is 0.375 e. The Bertz CT molecular complexity index is 701. The summed E-state index contributed by atoms with van der Waals surface area (Å²) in [6, 6.07) is 10.6. The van der Waals surface area contributed by atoms with Gasteiger partial charge in [0, 0.05) is 5.69 Å². The molecule has 1 aromatic heterocycles. The van der Waals surface area contributed by atoms with E-state index in [2.05, 4.69) is 48.8 Å². The predicted molar refractivity (Wildman–Crippen MR) is 115 cm³/mol. The van der Waals surface area contributed by atoms with Crippen molar-refractivity contribution in [2.24, 2.45) is 0 Å². The van der Waals surface area contributed by atoms with Crippen LogP contribution in [0.1, 0.15) is 85.5 Å². The number of hydrogen-bond donors (Lipinski definition) is 1. The molecule has 1 N–H and O–H groups in total. The second-order valence-electron chi connectivity index (χ2n) is 7.59. The first-order valence-electron chi connectivity index (χ1n) is 9.53. The van der Waals surface area contributed by atoms with Crippen molar-refractivity contribution in [1.29, 1.82) is 0 Å². The average Bonchev–Trinajstić information content (AvgIpc) is 3.13. The minimum atomic E-state index is -0.209. The van der Waals surface area contributed by atoms with E-state index in [4.69, 9.17) is 0 Å². The van der Waals surface area contributed by atoms with E-state index in [9.17, 15) is 4.79 Å². The first-order chi connectivity index (χ1) is 12.0. The fraction of sp³-hybridized carbons (Fsp3) is 0.500. The van der Waals surface area contributed by atoms with Crippen molar-refractivity contribution in [2.75, 3.05) is 5.32 Å². The van der Waals surface area contributed by atoms with E-state index in [0.717, 1.165) is 16.5 Å². The third kappa shape index (κ3) is 5.11. The summed E-state index contributed by atoms with van der Waals surface area (Å²) in [7, 11) is 0. The fourth-order valence-electron chi connectivity index (χ4n) is 3.60. The highest BCUT2D eigenvalue weighted by molar-refractivity contribution is 7.12. The van der Waals surface area contributed by atoms with Crippen molar-refractivity contribution >= 4 is 35.2 Å². The van der Waals surface area contributed by atoms with Gasteiger partial charge in [-0.25, -0.2) is 0 Å². The molecule has 3 rings (SSSR count). The maximum absolute atomic E-state index is 12.6. The van der Waals surface area contributed by atoms with Crippen LogP contribution in [-0.2, 0) is 0 Å². The molecule has 4 heteroatoms. The van der Waals surface area contributed by atoms with Crippen LogP contribution in [0.5, 0.6) is 0 Å². The Morgan fingerprint density at radius 2 is 1.73 bits per heavy atom. The molecule has 0 spiro atoms. The molecule has 1 atom stereocenters. The second-order valence-corrected chi connectivity index (χ2v) is 8.50. The molecule has 0 saturated heterocycles. The van der Waals surface area contributed by atoms with Crippen molar-refractivity contribution < 1.29 is 4.79 Å². The lowest BCUT2D eigenvalue weighted by Gasteiger charge is -2.22. The van der Waals surface area contributed by atoms with E-state index in [-0.39, 0.29) is 24.2 Å². The smallest absolute Gasteiger partial charge is 0.194 e. The number of carbonyl (C=O) groups excluding carboxylic acids is 1. The number of Topliss-reactive ketones (excluding diaryl/α,β-unsaturated/α-hetero) is 1. The van der Waals surface area contributed by atoms with Crippen LogP contribution in [0.3, 0.4) is 0 Å². The van der Waals surface area contributed by atoms with E-state index in [1.807, 2.05) is 13.0 Å². The van der Waals surface area contributed by atoms with Crippen molar-refractivity contribution in [2.45, 2.75) is 70.8 Å². The number of benzene rings is 1. The summed E-state index contributed by atoms with van der Waals surface area (Å²) in [6.07, 6.45) is 6.73. The number of nitrogens with one attached hydrogen (secondary N) is 1. The Labute approximate surface area is 167 Å². The highest BCUT2D eigenvalue weighted by Crippen LogP contribution is 2.33. The summed E-state index contributed by atoms with van der Waals surface area (Å²) in [5, 5.41) is 5.47. The van der Waals surface area contributed by atoms with Gasteiger partial charge in [0.2, 0.25) is 0 Å². The standard InChI is InChI=1S/C22H29NOS.ClH/c1-15(2)19-13-21(25-14-19)22(24)16(3)23-20-11-9-18(10-12-20)17-7-5-4-6-8-17;/h9-17,23H,4-8H2,1-3H3;1H. The molecule has 1 saturated carbocycles. The Hall–Kier alpha value is -1.32. The van der Waals surface area contributed by atoms with Gasteiger partial charge >= 0.3 is 0 Å². The molecule has 1 aliphatic carbocycles. The van der Waals surface area contributed by atoms with Gasteiger partial charge in [0.1, 0.15) is 0 Å². The third-order valence-electron chi connectivity index (χ3n) is 5.29. The number of ketones is 1. The summed E-state index contributed by atoms with van der Waals surface area (Å²) in [5.41, 5.74) is 3.72. The molecular weight excluding hydrogens is 362 g/mol. The molecule has 1 aromatic carbocycles. The zero-order valence-electron chi connectivity index (χ0n) is 16.0. The molecule has 0 radical (unpaired) electrons. The molecule has 142 valence electrons. The minimum absolute atomic E-state index is 0.